The van der Waals surface area contributed by atoms with E-state index in [-0.39, 0.29) is 0 Å². The van der Waals surface area contributed by atoms with Gasteiger partial charge < -0.3 is 10.6 Å². The zero-order chi connectivity index (χ0) is 15.3. The van der Waals surface area contributed by atoms with E-state index in [4.69, 9.17) is 0 Å². The van der Waals surface area contributed by atoms with Gasteiger partial charge in [-0.1, -0.05) is 12.1 Å². The second kappa shape index (κ2) is 6.69. The Labute approximate surface area is 114 Å². The van der Waals surface area contributed by atoms with Crippen molar-refractivity contribution in [1.82, 2.24) is 10.6 Å². The SMILES string of the molecule is Cc1ccc(C(C)NC(=O)CNCC(F)(F)F)cc1F. The van der Waals surface area contributed by atoms with E-state index < -0.39 is 37.0 Å². The summed E-state index contributed by atoms with van der Waals surface area (Å²) in [7, 11) is 0. The molecule has 0 aliphatic carbocycles. The monoisotopic (exact) mass is 292 g/mol. The molecule has 0 fully saturated rings. The van der Waals surface area contributed by atoms with E-state index in [1.807, 2.05) is 5.32 Å². The molecule has 1 unspecified atom stereocenters. The van der Waals surface area contributed by atoms with Crippen molar-refractivity contribution in [2.75, 3.05) is 13.1 Å². The highest BCUT2D eigenvalue weighted by atomic mass is 19.4. The molecule has 1 atom stereocenters. The predicted octanol–water partition coefficient (Wildman–Crippen LogP) is 2.46. The lowest BCUT2D eigenvalue weighted by Crippen LogP contribution is -2.39. The summed E-state index contributed by atoms with van der Waals surface area (Å²) in [5.74, 6) is -0.971. The number of halogens is 4. The predicted molar refractivity (Wildman–Crippen MR) is 66.6 cm³/mol. The number of amides is 1. The summed E-state index contributed by atoms with van der Waals surface area (Å²) in [6.07, 6.45) is -4.36. The van der Waals surface area contributed by atoms with Crippen LogP contribution in [0, 0.1) is 12.7 Å². The first-order valence-corrected chi connectivity index (χ1v) is 6.02. The van der Waals surface area contributed by atoms with Gasteiger partial charge in [0.25, 0.3) is 0 Å². The Bertz CT molecular complexity index is 474. The highest BCUT2D eigenvalue weighted by Gasteiger charge is 2.26. The minimum Gasteiger partial charge on any atom is -0.348 e. The van der Waals surface area contributed by atoms with Gasteiger partial charge in [-0.15, -0.1) is 0 Å². The maximum absolute atomic E-state index is 13.4. The van der Waals surface area contributed by atoms with Crippen LogP contribution in [0.4, 0.5) is 17.6 Å². The van der Waals surface area contributed by atoms with Gasteiger partial charge >= 0.3 is 6.18 Å². The van der Waals surface area contributed by atoms with Gasteiger partial charge in [0.1, 0.15) is 5.82 Å². The van der Waals surface area contributed by atoms with Crippen LogP contribution in [0.25, 0.3) is 0 Å². The molecule has 1 rings (SSSR count). The highest BCUT2D eigenvalue weighted by Crippen LogP contribution is 2.16. The number of hydrogen-bond acceptors (Lipinski definition) is 2. The zero-order valence-electron chi connectivity index (χ0n) is 11.1. The van der Waals surface area contributed by atoms with Gasteiger partial charge in [-0.2, -0.15) is 13.2 Å². The molecular weight excluding hydrogens is 276 g/mol. The van der Waals surface area contributed by atoms with Crippen molar-refractivity contribution in [3.8, 4) is 0 Å². The van der Waals surface area contributed by atoms with E-state index in [0.717, 1.165) is 0 Å². The number of alkyl halides is 3. The maximum Gasteiger partial charge on any atom is 0.401 e. The Kier molecular flexibility index (Phi) is 5.50. The number of carbonyl (C=O) groups excluding carboxylic acids is 1. The van der Waals surface area contributed by atoms with Gasteiger partial charge in [-0.05, 0) is 31.0 Å². The average Bonchev–Trinajstić information content (AvgIpc) is 2.30. The smallest absolute Gasteiger partial charge is 0.348 e. The summed E-state index contributed by atoms with van der Waals surface area (Å²) in [4.78, 5) is 11.4. The lowest BCUT2D eigenvalue weighted by molar-refractivity contribution is -0.128. The Balaban J connectivity index is 2.47. The Morgan fingerprint density at radius 1 is 1.35 bits per heavy atom. The quantitative estimate of drug-likeness (QED) is 0.819. The van der Waals surface area contributed by atoms with Crippen molar-refractivity contribution in [1.29, 1.82) is 0 Å². The normalized spacial score (nSPS) is 13.1. The van der Waals surface area contributed by atoms with Crippen molar-refractivity contribution in [3.63, 3.8) is 0 Å². The van der Waals surface area contributed by atoms with Crippen LogP contribution in [-0.2, 0) is 4.79 Å². The van der Waals surface area contributed by atoms with E-state index in [0.29, 0.717) is 11.1 Å². The summed E-state index contributed by atoms with van der Waals surface area (Å²) >= 11 is 0. The van der Waals surface area contributed by atoms with Gasteiger partial charge in [0.05, 0.1) is 19.1 Å². The minimum atomic E-state index is -4.36. The van der Waals surface area contributed by atoms with Crippen LogP contribution in [0.2, 0.25) is 0 Å². The summed E-state index contributed by atoms with van der Waals surface area (Å²) in [6.45, 7) is 1.57. The van der Waals surface area contributed by atoms with Gasteiger partial charge in [-0.3, -0.25) is 4.79 Å². The van der Waals surface area contributed by atoms with E-state index in [1.54, 1.807) is 26.0 Å². The van der Waals surface area contributed by atoms with Crippen LogP contribution in [0.5, 0.6) is 0 Å². The summed E-state index contributed by atoms with van der Waals surface area (Å²) in [5, 5.41) is 4.48. The molecule has 1 aromatic rings. The number of carbonyl (C=O) groups is 1. The van der Waals surface area contributed by atoms with E-state index >= 15 is 0 Å². The van der Waals surface area contributed by atoms with Crippen molar-refractivity contribution in [2.24, 2.45) is 0 Å². The molecule has 0 aliphatic rings. The first-order chi connectivity index (χ1) is 9.19. The molecule has 0 bridgehead atoms. The Morgan fingerprint density at radius 2 is 2.00 bits per heavy atom. The topological polar surface area (TPSA) is 41.1 Å². The summed E-state index contributed by atoms with van der Waals surface area (Å²) in [5.41, 5.74) is 1.04. The largest absolute Gasteiger partial charge is 0.401 e. The Morgan fingerprint density at radius 3 is 2.55 bits per heavy atom. The van der Waals surface area contributed by atoms with Crippen molar-refractivity contribution >= 4 is 5.91 Å². The molecule has 1 amide bonds. The van der Waals surface area contributed by atoms with Gasteiger partial charge in [-0.25, -0.2) is 4.39 Å². The molecule has 0 saturated heterocycles. The number of rotatable bonds is 5. The summed E-state index contributed by atoms with van der Waals surface area (Å²) in [6, 6.07) is 4.05. The number of aryl methyl sites for hydroxylation is 1. The van der Waals surface area contributed by atoms with Crippen molar-refractivity contribution in [2.45, 2.75) is 26.1 Å². The van der Waals surface area contributed by atoms with Crippen molar-refractivity contribution < 1.29 is 22.4 Å². The van der Waals surface area contributed by atoms with Gasteiger partial charge in [0, 0.05) is 0 Å². The molecule has 0 heterocycles. The molecule has 3 nitrogen and oxygen atoms in total. The van der Waals surface area contributed by atoms with Crippen LogP contribution in [0.3, 0.4) is 0 Å². The van der Waals surface area contributed by atoms with Crippen LogP contribution in [-0.4, -0.2) is 25.2 Å². The minimum absolute atomic E-state index is 0.390. The number of benzene rings is 1. The molecule has 20 heavy (non-hydrogen) atoms. The first-order valence-electron chi connectivity index (χ1n) is 6.02. The molecule has 0 saturated carbocycles. The van der Waals surface area contributed by atoms with E-state index in [1.165, 1.54) is 6.07 Å². The van der Waals surface area contributed by atoms with E-state index in [9.17, 15) is 22.4 Å². The second-order valence-electron chi connectivity index (χ2n) is 4.52. The van der Waals surface area contributed by atoms with Crippen LogP contribution >= 0.6 is 0 Å². The molecule has 0 aromatic heterocycles. The lowest BCUT2D eigenvalue weighted by atomic mass is 10.1. The molecular formula is C13H16F4N2O. The number of hydrogen-bond donors (Lipinski definition) is 2. The average molecular weight is 292 g/mol. The first kappa shape index (κ1) is 16.4. The molecule has 0 radical (unpaired) electrons. The molecule has 2 N–H and O–H groups in total. The third-order valence-corrected chi connectivity index (χ3v) is 2.68. The standard InChI is InChI=1S/C13H16F4N2O/c1-8-3-4-10(5-11(8)14)9(2)19-12(20)6-18-7-13(15,16)17/h3-5,9,18H,6-7H2,1-2H3,(H,19,20). The molecule has 0 aliphatic heterocycles. The van der Waals surface area contributed by atoms with Crippen molar-refractivity contribution in [3.05, 3.63) is 35.1 Å². The fraction of sp³-hybridized carbons (Fsp3) is 0.462. The van der Waals surface area contributed by atoms with E-state index in [2.05, 4.69) is 5.32 Å². The van der Waals surface area contributed by atoms with Crippen LogP contribution in [0.15, 0.2) is 18.2 Å². The maximum atomic E-state index is 13.4. The summed E-state index contributed by atoms with van der Waals surface area (Å²) < 4.78 is 49.0. The van der Waals surface area contributed by atoms with Crippen LogP contribution < -0.4 is 10.6 Å². The molecule has 0 spiro atoms. The van der Waals surface area contributed by atoms with Crippen LogP contribution in [0.1, 0.15) is 24.1 Å². The zero-order valence-corrected chi connectivity index (χ0v) is 11.1. The fourth-order valence-electron chi connectivity index (χ4n) is 1.57. The Hall–Kier alpha value is -1.63. The third kappa shape index (κ3) is 5.56. The molecule has 112 valence electrons. The second-order valence-corrected chi connectivity index (χ2v) is 4.52. The third-order valence-electron chi connectivity index (χ3n) is 2.68. The highest BCUT2D eigenvalue weighted by molar-refractivity contribution is 5.78. The lowest BCUT2D eigenvalue weighted by Gasteiger charge is -2.15. The van der Waals surface area contributed by atoms with Gasteiger partial charge in [0.2, 0.25) is 5.91 Å². The number of nitrogens with one attached hydrogen (secondary N) is 2. The molecule has 1 aromatic carbocycles. The molecule has 7 heteroatoms. The van der Waals surface area contributed by atoms with Gasteiger partial charge in [0.15, 0.2) is 0 Å². The fourth-order valence-corrected chi connectivity index (χ4v) is 1.57.